The first-order chi connectivity index (χ1) is 12.8. The normalized spacial score (nSPS) is 18.0. The Hall–Kier alpha value is -1.86. The topological polar surface area (TPSA) is 74.5 Å². The molecule has 0 radical (unpaired) electrons. The molecule has 0 bridgehead atoms. The molecule has 7 heteroatoms. The van der Waals surface area contributed by atoms with E-state index >= 15 is 0 Å². The molecular weight excluding hydrogens is 406 g/mol. The Morgan fingerprint density at radius 3 is 2.78 bits per heavy atom. The van der Waals surface area contributed by atoms with E-state index in [1.54, 1.807) is 17.8 Å². The van der Waals surface area contributed by atoms with Crippen LogP contribution in [-0.2, 0) is 18.1 Å². The fraction of sp³-hybridized carbons (Fsp3) is 0.500. The van der Waals surface area contributed by atoms with E-state index in [0.29, 0.717) is 0 Å². The number of halogens is 1. The van der Waals surface area contributed by atoms with Crippen LogP contribution in [0.25, 0.3) is 0 Å². The van der Waals surface area contributed by atoms with Crippen molar-refractivity contribution in [2.75, 3.05) is 19.6 Å². The summed E-state index contributed by atoms with van der Waals surface area (Å²) in [7, 11) is 1.84. The molecule has 0 amide bonds. The van der Waals surface area contributed by atoms with Gasteiger partial charge >= 0.3 is 0 Å². The van der Waals surface area contributed by atoms with E-state index in [0.717, 1.165) is 29.1 Å². The predicted octanol–water partition coefficient (Wildman–Crippen LogP) is 2.68. The summed E-state index contributed by atoms with van der Waals surface area (Å²) >= 11 is 3.57. The van der Waals surface area contributed by atoms with Gasteiger partial charge in [0.1, 0.15) is 5.60 Å². The van der Waals surface area contributed by atoms with Crippen molar-refractivity contribution in [3.8, 4) is 0 Å². The summed E-state index contributed by atoms with van der Waals surface area (Å²) in [5.74, 6) is 0.725. The summed E-state index contributed by atoms with van der Waals surface area (Å²) in [4.78, 5) is 4.61. The van der Waals surface area contributed by atoms with E-state index in [-0.39, 0.29) is 12.0 Å². The molecule has 3 N–H and O–H groups in total. The average Bonchev–Trinajstić information content (AvgIpc) is 3.30. The third kappa shape index (κ3) is 4.90. The summed E-state index contributed by atoms with van der Waals surface area (Å²) in [5.41, 5.74) is 1.23. The Morgan fingerprint density at radius 1 is 1.41 bits per heavy atom. The number of aromatic nitrogens is 2. The minimum atomic E-state index is -1.06. The first-order valence-electron chi connectivity index (χ1n) is 9.34. The molecule has 1 heterocycles. The third-order valence-corrected chi connectivity index (χ3v) is 5.59. The van der Waals surface area contributed by atoms with Gasteiger partial charge in [0, 0.05) is 41.8 Å². The van der Waals surface area contributed by atoms with Crippen LogP contribution >= 0.6 is 15.9 Å². The molecule has 1 unspecified atom stereocenters. The lowest BCUT2D eigenvalue weighted by Gasteiger charge is -2.22. The summed E-state index contributed by atoms with van der Waals surface area (Å²) in [6, 6.07) is 8.53. The van der Waals surface area contributed by atoms with Crippen LogP contribution < -0.4 is 10.6 Å². The maximum Gasteiger partial charge on any atom is 0.191 e. The van der Waals surface area contributed by atoms with Gasteiger partial charge in [-0.1, -0.05) is 28.1 Å². The van der Waals surface area contributed by atoms with Crippen molar-refractivity contribution < 1.29 is 5.11 Å². The Morgan fingerprint density at radius 2 is 2.19 bits per heavy atom. The molecule has 1 aromatic carbocycles. The first-order valence-corrected chi connectivity index (χ1v) is 10.1. The van der Waals surface area contributed by atoms with Crippen LogP contribution in [0.2, 0.25) is 0 Å². The summed E-state index contributed by atoms with van der Waals surface area (Å²) in [6.07, 6.45) is 5.84. The molecule has 0 spiro atoms. The fourth-order valence-corrected chi connectivity index (χ4v) is 3.55. The SMILES string of the molecule is CCNC(=NCC(C)(O)c1cnn(C)c1)NCC1(c2cccc(Br)c2)CC1. The van der Waals surface area contributed by atoms with Crippen molar-refractivity contribution in [1.29, 1.82) is 0 Å². The van der Waals surface area contributed by atoms with Crippen LogP contribution in [0.5, 0.6) is 0 Å². The molecule has 1 fully saturated rings. The fourth-order valence-electron chi connectivity index (χ4n) is 3.16. The van der Waals surface area contributed by atoms with Crippen LogP contribution in [-0.4, -0.2) is 40.5 Å². The molecule has 1 aromatic heterocycles. The van der Waals surface area contributed by atoms with Crippen LogP contribution in [0.1, 0.15) is 37.8 Å². The Balaban J connectivity index is 1.66. The number of aryl methyl sites for hydroxylation is 1. The molecule has 6 nitrogen and oxygen atoms in total. The first kappa shape index (κ1) is 19.9. The highest BCUT2D eigenvalue weighted by molar-refractivity contribution is 9.10. The van der Waals surface area contributed by atoms with Gasteiger partial charge in [0.25, 0.3) is 0 Å². The molecule has 2 aromatic rings. The second-order valence-corrected chi connectivity index (χ2v) is 8.43. The maximum atomic E-state index is 10.7. The average molecular weight is 434 g/mol. The Bertz CT molecular complexity index is 810. The minimum absolute atomic E-state index is 0.172. The van der Waals surface area contributed by atoms with Crippen molar-refractivity contribution in [2.45, 2.75) is 37.7 Å². The molecule has 1 aliphatic rings. The second-order valence-electron chi connectivity index (χ2n) is 7.52. The smallest absolute Gasteiger partial charge is 0.191 e. The number of aliphatic imine (C=N–C) groups is 1. The number of hydrogen-bond acceptors (Lipinski definition) is 3. The van der Waals surface area contributed by atoms with E-state index in [1.165, 1.54) is 18.4 Å². The van der Waals surface area contributed by atoms with Crippen molar-refractivity contribution in [2.24, 2.45) is 12.0 Å². The van der Waals surface area contributed by atoms with Gasteiger partial charge < -0.3 is 15.7 Å². The molecule has 1 saturated carbocycles. The van der Waals surface area contributed by atoms with Gasteiger partial charge in [0.2, 0.25) is 0 Å². The quantitative estimate of drug-likeness (QED) is 0.463. The predicted molar refractivity (Wildman–Crippen MR) is 112 cm³/mol. The van der Waals surface area contributed by atoms with Crippen molar-refractivity contribution in [1.82, 2.24) is 20.4 Å². The molecule has 1 atom stereocenters. The van der Waals surface area contributed by atoms with E-state index in [1.807, 2.05) is 20.2 Å². The monoisotopic (exact) mass is 433 g/mol. The van der Waals surface area contributed by atoms with Gasteiger partial charge in [-0.25, -0.2) is 4.99 Å². The van der Waals surface area contributed by atoms with Gasteiger partial charge in [-0.05, 0) is 44.4 Å². The van der Waals surface area contributed by atoms with Gasteiger partial charge in [-0.2, -0.15) is 5.10 Å². The number of benzene rings is 1. The molecule has 0 saturated heterocycles. The highest BCUT2D eigenvalue weighted by Gasteiger charge is 2.44. The number of hydrogen-bond donors (Lipinski definition) is 3. The number of aliphatic hydroxyl groups is 1. The van der Waals surface area contributed by atoms with Gasteiger partial charge in [0.05, 0.1) is 12.7 Å². The highest BCUT2D eigenvalue weighted by atomic mass is 79.9. The van der Waals surface area contributed by atoms with Crippen molar-refractivity contribution in [3.63, 3.8) is 0 Å². The zero-order chi connectivity index (χ0) is 19.5. The van der Waals surface area contributed by atoms with Crippen LogP contribution in [0.3, 0.4) is 0 Å². The van der Waals surface area contributed by atoms with Crippen LogP contribution in [0.15, 0.2) is 46.1 Å². The van der Waals surface area contributed by atoms with E-state index in [2.05, 4.69) is 60.9 Å². The zero-order valence-corrected chi connectivity index (χ0v) is 17.8. The van der Waals surface area contributed by atoms with Crippen molar-refractivity contribution in [3.05, 3.63) is 52.3 Å². The lowest BCUT2D eigenvalue weighted by Crippen LogP contribution is -2.42. The van der Waals surface area contributed by atoms with E-state index in [9.17, 15) is 5.11 Å². The number of rotatable bonds is 7. The third-order valence-electron chi connectivity index (χ3n) is 5.10. The molecule has 146 valence electrons. The minimum Gasteiger partial charge on any atom is -0.383 e. The Labute approximate surface area is 169 Å². The molecule has 1 aliphatic carbocycles. The molecular formula is C20H28BrN5O. The van der Waals surface area contributed by atoms with Gasteiger partial charge in [-0.3, -0.25) is 4.68 Å². The second kappa shape index (κ2) is 8.02. The lowest BCUT2D eigenvalue weighted by molar-refractivity contribution is 0.0672. The maximum absolute atomic E-state index is 10.7. The van der Waals surface area contributed by atoms with Crippen LogP contribution in [0.4, 0.5) is 0 Å². The molecule has 27 heavy (non-hydrogen) atoms. The van der Waals surface area contributed by atoms with E-state index < -0.39 is 5.60 Å². The number of nitrogens with zero attached hydrogens (tertiary/aromatic N) is 3. The summed E-state index contributed by atoms with van der Waals surface area (Å²) in [6.45, 7) is 5.66. The standard InChI is InChI=1S/C20H28BrN5O/c1-4-22-18(23-13-19(2,27)16-11-25-26(3)12-16)24-14-20(8-9-20)15-6-5-7-17(21)10-15/h5-7,10-12,27H,4,8-9,13-14H2,1-3H3,(H2,22,23,24). The van der Waals surface area contributed by atoms with E-state index in [4.69, 9.17) is 0 Å². The lowest BCUT2D eigenvalue weighted by atomic mass is 9.96. The number of nitrogens with one attached hydrogen (secondary N) is 2. The van der Waals surface area contributed by atoms with Gasteiger partial charge in [0.15, 0.2) is 5.96 Å². The summed E-state index contributed by atoms with van der Waals surface area (Å²) < 4.78 is 2.80. The van der Waals surface area contributed by atoms with Gasteiger partial charge in [-0.15, -0.1) is 0 Å². The van der Waals surface area contributed by atoms with Crippen LogP contribution in [0, 0.1) is 0 Å². The molecule has 3 rings (SSSR count). The summed E-state index contributed by atoms with van der Waals surface area (Å²) in [5, 5.41) is 21.6. The number of guanidine groups is 1. The largest absolute Gasteiger partial charge is 0.383 e. The van der Waals surface area contributed by atoms with Crippen molar-refractivity contribution >= 4 is 21.9 Å². The zero-order valence-electron chi connectivity index (χ0n) is 16.2. The molecule has 0 aliphatic heterocycles. The highest BCUT2D eigenvalue weighted by Crippen LogP contribution is 2.48. The Kier molecular flexibility index (Phi) is 5.91.